The van der Waals surface area contributed by atoms with Gasteiger partial charge in [0, 0.05) is 0 Å². The summed E-state index contributed by atoms with van der Waals surface area (Å²) >= 11 is 0. The minimum Gasteiger partial charge on any atom is -0.359 e. The lowest BCUT2D eigenvalue weighted by atomic mass is 10.1. The highest BCUT2D eigenvalue weighted by atomic mass is 19.1. The molecule has 0 saturated carbocycles. The number of anilines is 1. The van der Waals surface area contributed by atoms with Gasteiger partial charge >= 0.3 is 0 Å². The Morgan fingerprint density at radius 1 is 1.69 bits per heavy atom. The van der Waals surface area contributed by atoms with E-state index in [1.807, 2.05) is 0 Å². The highest BCUT2D eigenvalue weighted by Gasteiger charge is 2.27. The molecule has 13 heavy (non-hydrogen) atoms. The van der Waals surface area contributed by atoms with Gasteiger partial charge in [-0.2, -0.15) is 0 Å². The highest BCUT2D eigenvalue weighted by molar-refractivity contribution is 5.96. The Hall–Kier alpha value is -1.39. The molecule has 1 heterocycles. The Kier molecular flexibility index (Phi) is 2.36. The molecule has 0 aliphatic heterocycles. The molecule has 0 aromatic carbocycles. The summed E-state index contributed by atoms with van der Waals surface area (Å²) in [5.74, 6) is -0.253. The SMILES string of the molecule is Cc1oncc1NC(=O)C(C)(C)F. The summed E-state index contributed by atoms with van der Waals surface area (Å²) in [7, 11) is 0. The number of hydrogen-bond acceptors (Lipinski definition) is 3. The molecule has 0 bridgehead atoms. The minimum atomic E-state index is -1.90. The number of hydrogen-bond donors (Lipinski definition) is 1. The van der Waals surface area contributed by atoms with Gasteiger partial charge in [-0.15, -0.1) is 0 Å². The van der Waals surface area contributed by atoms with Crippen LogP contribution in [0.15, 0.2) is 10.7 Å². The molecular weight excluding hydrogens is 175 g/mol. The summed E-state index contributed by atoms with van der Waals surface area (Å²) < 4.78 is 17.7. The molecule has 1 aromatic heterocycles. The van der Waals surface area contributed by atoms with Crippen molar-refractivity contribution in [1.82, 2.24) is 5.16 Å². The Labute approximate surface area is 75.1 Å². The van der Waals surface area contributed by atoms with E-state index in [0.29, 0.717) is 11.4 Å². The lowest BCUT2D eigenvalue weighted by Gasteiger charge is -2.12. The second-order valence-electron chi connectivity index (χ2n) is 3.22. The number of aromatic nitrogens is 1. The first-order valence-corrected chi connectivity index (χ1v) is 3.83. The number of alkyl halides is 1. The number of rotatable bonds is 2. The molecular formula is C8H11FN2O2. The van der Waals surface area contributed by atoms with Crippen molar-refractivity contribution < 1.29 is 13.7 Å². The topological polar surface area (TPSA) is 55.1 Å². The fourth-order valence-corrected chi connectivity index (χ4v) is 0.689. The molecule has 0 fully saturated rings. The summed E-state index contributed by atoms with van der Waals surface area (Å²) in [6.45, 7) is 4.00. The van der Waals surface area contributed by atoms with Crippen molar-refractivity contribution in [3.05, 3.63) is 12.0 Å². The van der Waals surface area contributed by atoms with Crippen LogP contribution in [0.2, 0.25) is 0 Å². The minimum absolute atomic E-state index is 0.399. The molecule has 1 aromatic rings. The lowest BCUT2D eigenvalue weighted by Crippen LogP contribution is -2.32. The molecule has 72 valence electrons. The van der Waals surface area contributed by atoms with Crippen molar-refractivity contribution in [3.63, 3.8) is 0 Å². The maximum absolute atomic E-state index is 13.0. The van der Waals surface area contributed by atoms with Crippen molar-refractivity contribution in [2.75, 3.05) is 5.32 Å². The summed E-state index contributed by atoms with van der Waals surface area (Å²) in [6.07, 6.45) is 1.33. The Bertz CT molecular complexity index is 314. The zero-order valence-corrected chi connectivity index (χ0v) is 7.72. The van der Waals surface area contributed by atoms with E-state index in [4.69, 9.17) is 4.52 Å². The van der Waals surface area contributed by atoms with Crippen molar-refractivity contribution in [2.45, 2.75) is 26.4 Å². The number of carbonyl (C=O) groups is 1. The smallest absolute Gasteiger partial charge is 0.261 e. The third-order valence-corrected chi connectivity index (χ3v) is 1.54. The van der Waals surface area contributed by atoms with Gasteiger partial charge in [-0.3, -0.25) is 4.79 Å². The molecule has 0 aliphatic rings. The van der Waals surface area contributed by atoms with Crippen LogP contribution in [-0.2, 0) is 4.79 Å². The number of nitrogens with one attached hydrogen (secondary N) is 1. The van der Waals surface area contributed by atoms with Crippen LogP contribution in [0.5, 0.6) is 0 Å². The maximum Gasteiger partial charge on any atom is 0.261 e. The van der Waals surface area contributed by atoms with Crippen molar-refractivity contribution in [1.29, 1.82) is 0 Å². The van der Waals surface area contributed by atoms with Gasteiger partial charge in [0.2, 0.25) is 0 Å². The van der Waals surface area contributed by atoms with Crippen LogP contribution in [0.25, 0.3) is 0 Å². The van der Waals surface area contributed by atoms with Gasteiger partial charge in [0.1, 0.15) is 5.69 Å². The van der Waals surface area contributed by atoms with Crippen molar-refractivity contribution in [2.24, 2.45) is 0 Å². The number of carbonyl (C=O) groups excluding carboxylic acids is 1. The summed E-state index contributed by atoms with van der Waals surface area (Å²) in [5, 5.41) is 5.80. The van der Waals surface area contributed by atoms with Gasteiger partial charge in [0.05, 0.1) is 6.20 Å². The van der Waals surface area contributed by atoms with Gasteiger partial charge in [0.25, 0.3) is 5.91 Å². The largest absolute Gasteiger partial charge is 0.359 e. The summed E-state index contributed by atoms with van der Waals surface area (Å²) in [6, 6.07) is 0. The molecule has 1 N–H and O–H groups in total. The van der Waals surface area contributed by atoms with Crippen LogP contribution in [-0.4, -0.2) is 16.7 Å². The van der Waals surface area contributed by atoms with E-state index in [1.165, 1.54) is 20.0 Å². The second kappa shape index (κ2) is 3.16. The first-order valence-electron chi connectivity index (χ1n) is 3.83. The number of aryl methyl sites for hydroxylation is 1. The Morgan fingerprint density at radius 2 is 2.31 bits per heavy atom. The fraction of sp³-hybridized carbons (Fsp3) is 0.500. The molecule has 0 spiro atoms. The van der Waals surface area contributed by atoms with Gasteiger partial charge in [0.15, 0.2) is 11.4 Å². The average molecular weight is 186 g/mol. The molecule has 0 atom stereocenters. The van der Waals surface area contributed by atoms with Crippen LogP contribution in [0.1, 0.15) is 19.6 Å². The highest BCUT2D eigenvalue weighted by Crippen LogP contribution is 2.16. The average Bonchev–Trinajstić information content (AvgIpc) is 2.34. The van der Waals surface area contributed by atoms with Gasteiger partial charge in [-0.1, -0.05) is 5.16 Å². The van der Waals surface area contributed by atoms with Crippen LogP contribution < -0.4 is 5.32 Å². The third-order valence-electron chi connectivity index (χ3n) is 1.54. The number of halogens is 1. The molecule has 0 unspecified atom stereocenters. The third kappa shape index (κ3) is 2.27. The van der Waals surface area contributed by atoms with E-state index in [-0.39, 0.29) is 0 Å². The molecule has 0 radical (unpaired) electrons. The van der Waals surface area contributed by atoms with Crippen LogP contribution in [0.4, 0.5) is 10.1 Å². The molecule has 0 saturated heterocycles. The van der Waals surface area contributed by atoms with Crippen LogP contribution in [0.3, 0.4) is 0 Å². The van der Waals surface area contributed by atoms with E-state index in [9.17, 15) is 9.18 Å². The predicted molar refractivity (Wildman–Crippen MR) is 45.1 cm³/mol. The first kappa shape index (κ1) is 9.70. The van der Waals surface area contributed by atoms with Gasteiger partial charge < -0.3 is 9.84 Å². The Morgan fingerprint density at radius 3 is 2.69 bits per heavy atom. The fourth-order valence-electron chi connectivity index (χ4n) is 0.689. The second-order valence-corrected chi connectivity index (χ2v) is 3.22. The van der Waals surface area contributed by atoms with E-state index in [2.05, 4.69) is 10.5 Å². The van der Waals surface area contributed by atoms with E-state index in [0.717, 1.165) is 0 Å². The Balaban J connectivity index is 2.71. The van der Waals surface area contributed by atoms with Crippen LogP contribution in [0, 0.1) is 6.92 Å². The maximum atomic E-state index is 13.0. The van der Waals surface area contributed by atoms with Gasteiger partial charge in [-0.05, 0) is 20.8 Å². The number of amides is 1. The molecule has 0 aliphatic carbocycles. The molecule has 1 amide bonds. The normalized spacial score (nSPS) is 11.4. The standard InChI is InChI=1S/C8H11FN2O2/c1-5-6(4-10-13-5)11-7(12)8(2,3)9/h4H,1-3H3,(H,11,12). The summed E-state index contributed by atoms with van der Waals surface area (Å²) in [5.41, 5.74) is -1.50. The van der Waals surface area contributed by atoms with Crippen molar-refractivity contribution >= 4 is 11.6 Å². The monoisotopic (exact) mass is 186 g/mol. The molecule has 1 rings (SSSR count). The van der Waals surface area contributed by atoms with Crippen LogP contribution >= 0.6 is 0 Å². The molecule has 5 heteroatoms. The van der Waals surface area contributed by atoms with Gasteiger partial charge in [-0.25, -0.2) is 4.39 Å². The lowest BCUT2D eigenvalue weighted by molar-refractivity contribution is -0.125. The van der Waals surface area contributed by atoms with E-state index < -0.39 is 11.6 Å². The summed E-state index contributed by atoms with van der Waals surface area (Å²) in [4.78, 5) is 11.1. The first-order chi connectivity index (χ1) is 5.91. The zero-order valence-electron chi connectivity index (χ0n) is 7.72. The van der Waals surface area contributed by atoms with Crippen molar-refractivity contribution in [3.8, 4) is 0 Å². The predicted octanol–water partition coefficient (Wildman–Crippen LogP) is 1.67. The number of nitrogens with zero attached hydrogens (tertiary/aromatic N) is 1. The van der Waals surface area contributed by atoms with E-state index >= 15 is 0 Å². The zero-order chi connectivity index (χ0) is 10.1. The molecule has 4 nitrogen and oxygen atoms in total. The quantitative estimate of drug-likeness (QED) is 0.764. The van der Waals surface area contributed by atoms with E-state index in [1.54, 1.807) is 6.92 Å².